The van der Waals surface area contributed by atoms with E-state index in [2.05, 4.69) is 9.80 Å². The summed E-state index contributed by atoms with van der Waals surface area (Å²) in [4.78, 5) is 30.2. The minimum atomic E-state index is 0.122. The van der Waals surface area contributed by atoms with Gasteiger partial charge in [0.25, 0.3) is 0 Å². The summed E-state index contributed by atoms with van der Waals surface area (Å²) in [5.41, 5.74) is 2.90. The van der Waals surface area contributed by atoms with E-state index in [-0.39, 0.29) is 24.2 Å². The molecule has 1 aromatic carbocycles. The molecule has 0 spiro atoms. The number of ketones is 1. The Balaban J connectivity index is 1.48. The molecule has 150 valence electrons. The van der Waals surface area contributed by atoms with Gasteiger partial charge in [0.2, 0.25) is 5.91 Å². The summed E-state index contributed by atoms with van der Waals surface area (Å²) in [6.45, 7) is 5.19. The maximum absolute atomic E-state index is 13.2. The first-order valence-corrected chi connectivity index (χ1v) is 10.6. The van der Waals surface area contributed by atoms with Crippen LogP contribution in [0.15, 0.2) is 35.9 Å². The highest BCUT2D eigenvalue weighted by Crippen LogP contribution is 2.34. The number of benzene rings is 1. The van der Waals surface area contributed by atoms with E-state index in [0.29, 0.717) is 6.42 Å². The predicted octanol–water partition coefficient (Wildman–Crippen LogP) is 2.91. The van der Waals surface area contributed by atoms with Crippen LogP contribution in [-0.2, 0) is 14.3 Å². The van der Waals surface area contributed by atoms with Crippen LogP contribution < -0.4 is 0 Å². The van der Waals surface area contributed by atoms with Crippen LogP contribution in [0.25, 0.3) is 5.57 Å². The lowest BCUT2D eigenvalue weighted by Crippen LogP contribution is -2.51. The molecule has 28 heavy (non-hydrogen) atoms. The molecule has 1 aliphatic carbocycles. The number of Topliss-reactive ketones (excluding diaryl/α,β-unsaturated/α-hetero) is 1. The summed E-state index contributed by atoms with van der Waals surface area (Å²) in [5.74, 6) is 0.269. The van der Waals surface area contributed by atoms with E-state index in [1.807, 2.05) is 30.3 Å². The number of hydrogen-bond acceptors (Lipinski definition) is 4. The van der Waals surface area contributed by atoms with Crippen LogP contribution in [0.3, 0.4) is 0 Å². The van der Waals surface area contributed by atoms with E-state index >= 15 is 0 Å². The molecule has 2 saturated heterocycles. The fourth-order valence-corrected chi connectivity index (χ4v) is 4.73. The van der Waals surface area contributed by atoms with Crippen LogP contribution in [-0.4, -0.2) is 66.9 Å². The highest BCUT2D eigenvalue weighted by molar-refractivity contribution is 6.10. The Morgan fingerprint density at radius 3 is 2.61 bits per heavy atom. The minimum absolute atomic E-state index is 0.122. The summed E-state index contributed by atoms with van der Waals surface area (Å²) in [6, 6.07) is 10.3. The Morgan fingerprint density at radius 2 is 1.82 bits per heavy atom. The molecule has 0 aromatic heterocycles. The Kier molecular flexibility index (Phi) is 6.23. The fraction of sp³-hybridized carbons (Fsp3) is 0.565. The molecule has 2 heterocycles. The lowest BCUT2D eigenvalue weighted by Gasteiger charge is -2.39. The molecule has 4 rings (SSSR count). The third-order valence-corrected chi connectivity index (χ3v) is 6.27. The maximum Gasteiger partial charge on any atom is 0.227 e. The van der Waals surface area contributed by atoms with E-state index < -0.39 is 0 Å². The van der Waals surface area contributed by atoms with E-state index in [0.717, 1.165) is 75.4 Å². The third-order valence-electron chi connectivity index (χ3n) is 6.27. The second-order valence-electron chi connectivity index (χ2n) is 8.07. The van der Waals surface area contributed by atoms with Crippen molar-refractivity contribution in [1.29, 1.82) is 0 Å². The number of hydrogen-bond donors (Lipinski definition) is 0. The second kappa shape index (κ2) is 9.01. The molecule has 0 N–H and O–H groups in total. The highest BCUT2D eigenvalue weighted by Gasteiger charge is 2.32. The number of carbonyl (C=O) groups is 2. The van der Waals surface area contributed by atoms with E-state index in [9.17, 15) is 9.59 Å². The molecule has 2 fully saturated rings. The third kappa shape index (κ3) is 4.36. The molecule has 0 bridgehead atoms. The summed E-state index contributed by atoms with van der Waals surface area (Å²) in [6.07, 6.45) is 4.83. The molecule has 0 radical (unpaired) electrons. The Hall–Kier alpha value is -1.98. The standard InChI is InChI=1S/C23H30N2O3/c26-22-10-9-20(18-6-2-1-3-7-18)21(22)16-23(27)25-11-5-4-8-19(25)17-24-12-14-28-15-13-24/h1-3,6-7,19H,4-5,8-17H2. The summed E-state index contributed by atoms with van der Waals surface area (Å²) in [5, 5.41) is 0. The van der Waals surface area contributed by atoms with Crippen molar-refractivity contribution < 1.29 is 14.3 Å². The molecular weight excluding hydrogens is 352 g/mol. The highest BCUT2D eigenvalue weighted by atomic mass is 16.5. The fourth-order valence-electron chi connectivity index (χ4n) is 4.73. The van der Waals surface area contributed by atoms with Crippen molar-refractivity contribution in [2.24, 2.45) is 0 Å². The van der Waals surface area contributed by atoms with Gasteiger partial charge in [-0.05, 0) is 36.8 Å². The number of morpholine rings is 1. The molecular formula is C23H30N2O3. The van der Waals surface area contributed by atoms with Crippen molar-refractivity contribution in [3.63, 3.8) is 0 Å². The average Bonchev–Trinajstić information content (AvgIpc) is 3.10. The zero-order valence-electron chi connectivity index (χ0n) is 16.6. The molecule has 2 aliphatic heterocycles. The first-order valence-electron chi connectivity index (χ1n) is 10.6. The lowest BCUT2D eigenvalue weighted by molar-refractivity contribution is -0.135. The monoisotopic (exact) mass is 382 g/mol. The maximum atomic E-state index is 13.2. The van der Waals surface area contributed by atoms with Crippen LogP contribution in [0.5, 0.6) is 0 Å². The zero-order valence-corrected chi connectivity index (χ0v) is 16.6. The largest absolute Gasteiger partial charge is 0.379 e. The van der Waals surface area contributed by atoms with Crippen LogP contribution in [0.1, 0.15) is 44.1 Å². The van der Waals surface area contributed by atoms with Crippen LogP contribution >= 0.6 is 0 Å². The summed E-state index contributed by atoms with van der Waals surface area (Å²) < 4.78 is 5.45. The first kappa shape index (κ1) is 19.3. The van der Waals surface area contributed by atoms with E-state index in [4.69, 9.17) is 4.74 Å². The SMILES string of the molecule is O=C1CCC(c2ccccc2)=C1CC(=O)N1CCCCC1CN1CCOCC1. The second-order valence-corrected chi connectivity index (χ2v) is 8.07. The van der Waals surface area contributed by atoms with Crippen LogP contribution in [0.2, 0.25) is 0 Å². The van der Waals surface area contributed by atoms with Gasteiger partial charge in [-0.1, -0.05) is 30.3 Å². The molecule has 5 nitrogen and oxygen atoms in total. The van der Waals surface area contributed by atoms with Crippen molar-refractivity contribution in [2.75, 3.05) is 39.4 Å². The van der Waals surface area contributed by atoms with Gasteiger partial charge in [0.15, 0.2) is 5.78 Å². The summed E-state index contributed by atoms with van der Waals surface area (Å²) in [7, 11) is 0. The van der Waals surface area contributed by atoms with Gasteiger partial charge in [-0.25, -0.2) is 0 Å². The predicted molar refractivity (Wildman–Crippen MR) is 109 cm³/mol. The van der Waals surface area contributed by atoms with Gasteiger partial charge in [0, 0.05) is 44.2 Å². The number of rotatable bonds is 5. The number of allylic oxidation sites excluding steroid dienone is 1. The summed E-state index contributed by atoms with van der Waals surface area (Å²) >= 11 is 0. The molecule has 1 atom stereocenters. The number of nitrogens with zero attached hydrogens (tertiary/aromatic N) is 2. The van der Waals surface area contributed by atoms with Gasteiger partial charge in [0.1, 0.15) is 0 Å². The molecule has 5 heteroatoms. The average molecular weight is 383 g/mol. The van der Waals surface area contributed by atoms with Crippen molar-refractivity contribution in [2.45, 2.75) is 44.6 Å². The lowest BCUT2D eigenvalue weighted by atomic mass is 9.97. The smallest absolute Gasteiger partial charge is 0.227 e. The number of amides is 1. The Morgan fingerprint density at radius 1 is 1.04 bits per heavy atom. The van der Waals surface area contributed by atoms with Gasteiger partial charge in [0.05, 0.1) is 19.6 Å². The molecule has 1 amide bonds. The van der Waals surface area contributed by atoms with Crippen molar-refractivity contribution in [3.8, 4) is 0 Å². The zero-order chi connectivity index (χ0) is 19.3. The van der Waals surface area contributed by atoms with Crippen LogP contribution in [0.4, 0.5) is 0 Å². The quantitative estimate of drug-likeness (QED) is 0.786. The molecule has 0 saturated carbocycles. The van der Waals surface area contributed by atoms with Gasteiger partial charge < -0.3 is 9.64 Å². The Bertz CT molecular complexity index is 737. The van der Waals surface area contributed by atoms with Crippen molar-refractivity contribution in [1.82, 2.24) is 9.80 Å². The van der Waals surface area contributed by atoms with Gasteiger partial charge >= 0.3 is 0 Å². The van der Waals surface area contributed by atoms with Gasteiger partial charge in [-0.15, -0.1) is 0 Å². The minimum Gasteiger partial charge on any atom is -0.379 e. The number of ether oxygens (including phenoxy) is 1. The number of carbonyl (C=O) groups excluding carboxylic acids is 2. The van der Waals surface area contributed by atoms with Gasteiger partial charge in [-0.3, -0.25) is 14.5 Å². The molecule has 3 aliphatic rings. The van der Waals surface area contributed by atoms with E-state index in [1.165, 1.54) is 6.42 Å². The van der Waals surface area contributed by atoms with Gasteiger partial charge in [-0.2, -0.15) is 0 Å². The van der Waals surface area contributed by atoms with E-state index in [1.54, 1.807) is 0 Å². The number of likely N-dealkylation sites (tertiary alicyclic amines) is 1. The first-order chi connectivity index (χ1) is 13.7. The molecule has 1 aromatic rings. The van der Waals surface area contributed by atoms with Crippen molar-refractivity contribution >= 4 is 17.3 Å². The Labute approximate surface area is 167 Å². The number of piperidine rings is 1. The molecule has 1 unspecified atom stereocenters. The topological polar surface area (TPSA) is 49.9 Å². The van der Waals surface area contributed by atoms with Crippen molar-refractivity contribution in [3.05, 3.63) is 41.5 Å². The van der Waals surface area contributed by atoms with Crippen LogP contribution in [0, 0.1) is 0 Å². The normalized spacial score (nSPS) is 24.1.